The van der Waals surface area contributed by atoms with Gasteiger partial charge < -0.3 is 10.1 Å². The molecule has 0 aromatic carbocycles. The summed E-state index contributed by atoms with van der Waals surface area (Å²) in [6.45, 7) is 6.98. The van der Waals surface area contributed by atoms with E-state index in [-0.39, 0.29) is 0 Å². The maximum absolute atomic E-state index is 5.97. The van der Waals surface area contributed by atoms with Gasteiger partial charge in [0.25, 0.3) is 0 Å². The van der Waals surface area contributed by atoms with Crippen LogP contribution >= 0.6 is 0 Å². The van der Waals surface area contributed by atoms with Crippen LogP contribution in [0.1, 0.15) is 45.4 Å². The van der Waals surface area contributed by atoms with Crippen molar-refractivity contribution in [2.45, 2.75) is 63.6 Å². The first-order valence-corrected chi connectivity index (χ1v) is 7.92. The lowest BCUT2D eigenvalue weighted by molar-refractivity contribution is -0.0932. The molecule has 1 saturated carbocycles. The van der Waals surface area contributed by atoms with Crippen LogP contribution in [0.3, 0.4) is 0 Å². The summed E-state index contributed by atoms with van der Waals surface area (Å²) < 4.78 is 5.97. The SMILES string of the molecule is CC1CC(CN2CCOC3CCCCC32)CCN1. The second kappa shape index (κ2) is 5.89. The van der Waals surface area contributed by atoms with Crippen LogP contribution in [0.15, 0.2) is 0 Å². The Hall–Kier alpha value is -0.120. The van der Waals surface area contributed by atoms with E-state index in [0.717, 1.165) is 18.6 Å². The standard InChI is InChI=1S/C15H28N2O/c1-12-10-13(6-7-16-12)11-17-8-9-18-15-5-3-2-4-14(15)17/h12-16H,2-11H2,1H3. The summed E-state index contributed by atoms with van der Waals surface area (Å²) in [5, 5.41) is 3.56. The quantitative estimate of drug-likeness (QED) is 0.814. The minimum absolute atomic E-state index is 0.548. The molecule has 1 aliphatic carbocycles. The fraction of sp³-hybridized carbons (Fsp3) is 1.00. The third-order valence-electron chi connectivity index (χ3n) is 5.07. The van der Waals surface area contributed by atoms with E-state index in [4.69, 9.17) is 4.74 Å². The summed E-state index contributed by atoms with van der Waals surface area (Å²) in [5.74, 6) is 0.905. The highest BCUT2D eigenvalue weighted by molar-refractivity contribution is 4.89. The van der Waals surface area contributed by atoms with Crippen LogP contribution in [-0.2, 0) is 4.74 Å². The Morgan fingerprint density at radius 2 is 2.11 bits per heavy atom. The number of morpholine rings is 1. The molecule has 3 nitrogen and oxygen atoms in total. The second-order valence-electron chi connectivity index (χ2n) is 6.50. The van der Waals surface area contributed by atoms with Crippen molar-refractivity contribution >= 4 is 0 Å². The monoisotopic (exact) mass is 252 g/mol. The molecule has 3 rings (SSSR count). The van der Waals surface area contributed by atoms with Crippen LogP contribution in [-0.4, -0.2) is 49.3 Å². The zero-order chi connectivity index (χ0) is 12.4. The minimum atomic E-state index is 0.548. The van der Waals surface area contributed by atoms with Crippen molar-refractivity contribution in [1.29, 1.82) is 0 Å². The van der Waals surface area contributed by atoms with Crippen LogP contribution in [0.4, 0.5) is 0 Å². The van der Waals surface area contributed by atoms with Crippen molar-refractivity contribution in [3.63, 3.8) is 0 Å². The molecule has 1 N–H and O–H groups in total. The minimum Gasteiger partial charge on any atom is -0.375 e. The third-order valence-corrected chi connectivity index (χ3v) is 5.07. The fourth-order valence-electron chi connectivity index (χ4n) is 4.14. The highest BCUT2D eigenvalue weighted by Gasteiger charge is 2.35. The van der Waals surface area contributed by atoms with Gasteiger partial charge in [0.1, 0.15) is 0 Å². The molecule has 4 unspecified atom stereocenters. The van der Waals surface area contributed by atoms with Crippen molar-refractivity contribution < 1.29 is 4.74 Å². The number of hydrogen-bond acceptors (Lipinski definition) is 3. The third kappa shape index (κ3) is 2.89. The predicted octanol–water partition coefficient (Wildman–Crippen LogP) is 2.02. The van der Waals surface area contributed by atoms with E-state index in [0.29, 0.717) is 12.1 Å². The van der Waals surface area contributed by atoms with Gasteiger partial charge in [0.2, 0.25) is 0 Å². The summed E-state index contributed by atoms with van der Waals surface area (Å²) in [4.78, 5) is 2.76. The Labute approximate surface area is 111 Å². The van der Waals surface area contributed by atoms with Gasteiger partial charge in [-0.05, 0) is 45.1 Å². The van der Waals surface area contributed by atoms with E-state index >= 15 is 0 Å². The van der Waals surface area contributed by atoms with Gasteiger partial charge in [-0.1, -0.05) is 12.8 Å². The van der Waals surface area contributed by atoms with Gasteiger partial charge in [-0.25, -0.2) is 0 Å². The fourth-order valence-corrected chi connectivity index (χ4v) is 4.14. The van der Waals surface area contributed by atoms with E-state index in [1.165, 1.54) is 58.2 Å². The second-order valence-corrected chi connectivity index (χ2v) is 6.50. The van der Waals surface area contributed by atoms with E-state index < -0.39 is 0 Å². The Balaban J connectivity index is 1.57. The van der Waals surface area contributed by atoms with Gasteiger partial charge >= 0.3 is 0 Å². The number of fused-ring (bicyclic) bond motifs is 1. The Morgan fingerprint density at radius 3 is 3.00 bits per heavy atom. The molecule has 0 radical (unpaired) electrons. The highest BCUT2D eigenvalue weighted by atomic mass is 16.5. The molecule has 0 aromatic rings. The van der Waals surface area contributed by atoms with Crippen molar-refractivity contribution in [2.75, 3.05) is 26.2 Å². The van der Waals surface area contributed by atoms with Crippen LogP contribution in [0.25, 0.3) is 0 Å². The molecule has 104 valence electrons. The van der Waals surface area contributed by atoms with E-state index in [1.807, 2.05) is 0 Å². The molecule has 0 amide bonds. The Morgan fingerprint density at radius 1 is 1.22 bits per heavy atom. The highest BCUT2D eigenvalue weighted by Crippen LogP contribution is 2.30. The molecule has 0 bridgehead atoms. The molecular weight excluding hydrogens is 224 g/mol. The van der Waals surface area contributed by atoms with Crippen molar-refractivity contribution in [3.05, 3.63) is 0 Å². The number of hydrogen-bond donors (Lipinski definition) is 1. The summed E-state index contributed by atoms with van der Waals surface area (Å²) in [7, 11) is 0. The van der Waals surface area contributed by atoms with Crippen molar-refractivity contribution in [3.8, 4) is 0 Å². The first-order chi connectivity index (χ1) is 8.83. The van der Waals surface area contributed by atoms with Crippen LogP contribution in [0.5, 0.6) is 0 Å². The van der Waals surface area contributed by atoms with Gasteiger partial charge in [-0.2, -0.15) is 0 Å². The summed E-state index contributed by atoms with van der Waals surface area (Å²) in [6, 6.07) is 1.45. The molecule has 2 aliphatic heterocycles. The molecule has 3 heteroatoms. The molecule has 2 heterocycles. The molecule has 3 fully saturated rings. The van der Waals surface area contributed by atoms with Crippen LogP contribution in [0, 0.1) is 5.92 Å². The van der Waals surface area contributed by atoms with Crippen molar-refractivity contribution in [1.82, 2.24) is 10.2 Å². The number of nitrogens with one attached hydrogen (secondary N) is 1. The smallest absolute Gasteiger partial charge is 0.0730 e. The lowest BCUT2D eigenvalue weighted by atomic mass is 9.87. The Kier molecular flexibility index (Phi) is 4.22. The van der Waals surface area contributed by atoms with Crippen LogP contribution < -0.4 is 5.32 Å². The zero-order valence-electron chi connectivity index (χ0n) is 11.7. The number of nitrogens with zero attached hydrogens (tertiary/aromatic N) is 1. The average Bonchev–Trinajstić information content (AvgIpc) is 2.39. The number of rotatable bonds is 2. The summed E-state index contributed by atoms with van der Waals surface area (Å²) >= 11 is 0. The lowest BCUT2D eigenvalue weighted by Gasteiger charge is -2.45. The Bertz CT molecular complexity index is 269. The predicted molar refractivity (Wildman–Crippen MR) is 73.8 cm³/mol. The number of ether oxygens (including phenoxy) is 1. The summed E-state index contributed by atoms with van der Waals surface area (Å²) in [5.41, 5.74) is 0. The van der Waals surface area contributed by atoms with Gasteiger partial charge in [0.15, 0.2) is 0 Å². The van der Waals surface area contributed by atoms with Gasteiger partial charge in [0.05, 0.1) is 12.7 Å². The molecule has 0 spiro atoms. The van der Waals surface area contributed by atoms with E-state index in [2.05, 4.69) is 17.1 Å². The summed E-state index contributed by atoms with van der Waals surface area (Å²) in [6.07, 6.45) is 8.71. The maximum Gasteiger partial charge on any atom is 0.0730 e. The molecule has 3 aliphatic rings. The van der Waals surface area contributed by atoms with E-state index in [9.17, 15) is 0 Å². The lowest BCUT2D eigenvalue weighted by Crippen LogP contribution is -2.54. The van der Waals surface area contributed by atoms with Gasteiger partial charge in [-0.15, -0.1) is 0 Å². The molecule has 0 aromatic heterocycles. The van der Waals surface area contributed by atoms with Crippen LogP contribution in [0.2, 0.25) is 0 Å². The maximum atomic E-state index is 5.97. The van der Waals surface area contributed by atoms with Crippen molar-refractivity contribution in [2.24, 2.45) is 5.92 Å². The topological polar surface area (TPSA) is 24.5 Å². The van der Waals surface area contributed by atoms with E-state index in [1.54, 1.807) is 0 Å². The first-order valence-electron chi connectivity index (χ1n) is 7.92. The normalized spacial score (nSPS) is 42.5. The van der Waals surface area contributed by atoms with Gasteiger partial charge in [0, 0.05) is 25.2 Å². The first kappa shape index (κ1) is 12.9. The zero-order valence-corrected chi connectivity index (χ0v) is 11.7. The van der Waals surface area contributed by atoms with Gasteiger partial charge in [-0.3, -0.25) is 4.90 Å². The molecular formula is C15H28N2O. The largest absolute Gasteiger partial charge is 0.375 e. The average molecular weight is 252 g/mol. The molecule has 18 heavy (non-hydrogen) atoms. The number of piperidine rings is 1. The molecule has 2 saturated heterocycles. The molecule has 4 atom stereocenters.